The van der Waals surface area contributed by atoms with Crippen LogP contribution >= 0.6 is 22.6 Å². The lowest BCUT2D eigenvalue weighted by Gasteiger charge is -2.26. The van der Waals surface area contributed by atoms with Crippen LogP contribution in [0.3, 0.4) is 0 Å². The SMILES string of the molecule is COCC(=O)N[C@@H]1CCC[C@H](I)C1. The lowest BCUT2D eigenvalue weighted by atomic mass is 9.95. The minimum absolute atomic E-state index is 0.0120. The first kappa shape index (κ1) is 11.2. The average Bonchev–Trinajstić information content (AvgIpc) is 2.04. The van der Waals surface area contributed by atoms with Gasteiger partial charge in [0.05, 0.1) is 0 Å². The zero-order valence-electron chi connectivity index (χ0n) is 7.88. The van der Waals surface area contributed by atoms with E-state index >= 15 is 0 Å². The molecular formula is C9H16INO2. The van der Waals surface area contributed by atoms with Crippen LogP contribution in [-0.2, 0) is 9.53 Å². The van der Waals surface area contributed by atoms with Crippen LogP contribution in [0.5, 0.6) is 0 Å². The lowest BCUT2D eigenvalue weighted by Crippen LogP contribution is -2.40. The van der Waals surface area contributed by atoms with Crippen molar-refractivity contribution in [3.63, 3.8) is 0 Å². The van der Waals surface area contributed by atoms with E-state index in [0.29, 0.717) is 6.04 Å². The van der Waals surface area contributed by atoms with Crippen molar-refractivity contribution in [1.29, 1.82) is 0 Å². The second kappa shape index (κ2) is 5.80. The first-order chi connectivity index (χ1) is 6.22. The summed E-state index contributed by atoms with van der Waals surface area (Å²) in [6, 6.07) is 0.373. The van der Waals surface area contributed by atoms with Gasteiger partial charge in [-0.1, -0.05) is 29.0 Å². The third-order valence-corrected chi connectivity index (χ3v) is 3.38. The highest BCUT2D eigenvalue weighted by molar-refractivity contribution is 14.1. The molecule has 1 N–H and O–H groups in total. The number of amides is 1. The average molecular weight is 297 g/mol. The van der Waals surface area contributed by atoms with Crippen LogP contribution in [0.2, 0.25) is 0 Å². The Hall–Kier alpha value is 0.160. The van der Waals surface area contributed by atoms with Crippen LogP contribution < -0.4 is 5.32 Å². The topological polar surface area (TPSA) is 38.3 Å². The van der Waals surface area contributed by atoms with Gasteiger partial charge >= 0.3 is 0 Å². The monoisotopic (exact) mass is 297 g/mol. The Labute approximate surface area is 92.7 Å². The van der Waals surface area contributed by atoms with Crippen molar-refractivity contribution >= 4 is 28.5 Å². The van der Waals surface area contributed by atoms with Crippen molar-refractivity contribution in [3.8, 4) is 0 Å². The normalized spacial score (nSPS) is 28.5. The third-order valence-electron chi connectivity index (χ3n) is 2.25. The van der Waals surface area contributed by atoms with Crippen LogP contribution in [0.4, 0.5) is 0 Å². The summed E-state index contributed by atoms with van der Waals surface area (Å²) in [5.41, 5.74) is 0. The molecule has 1 saturated carbocycles. The number of ether oxygens (including phenoxy) is 1. The molecule has 0 unspecified atom stereocenters. The van der Waals surface area contributed by atoms with Crippen molar-refractivity contribution < 1.29 is 9.53 Å². The maximum absolute atomic E-state index is 11.2. The summed E-state index contributed by atoms with van der Waals surface area (Å²) in [6.45, 7) is 0.183. The fourth-order valence-electron chi connectivity index (χ4n) is 1.66. The van der Waals surface area contributed by atoms with Crippen molar-refractivity contribution in [1.82, 2.24) is 5.32 Å². The fourth-order valence-corrected chi connectivity index (χ4v) is 2.72. The number of alkyl halides is 1. The minimum Gasteiger partial charge on any atom is -0.375 e. The Balaban J connectivity index is 2.23. The number of halogens is 1. The Morgan fingerprint density at radius 3 is 3.00 bits per heavy atom. The van der Waals surface area contributed by atoms with E-state index in [-0.39, 0.29) is 12.5 Å². The number of hydrogen-bond acceptors (Lipinski definition) is 2. The van der Waals surface area contributed by atoms with Crippen LogP contribution in [0, 0.1) is 0 Å². The molecule has 1 aliphatic rings. The smallest absolute Gasteiger partial charge is 0.246 e. The fraction of sp³-hybridized carbons (Fsp3) is 0.889. The van der Waals surface area contributed by atoms with Crippen LogP contribution in [0.15, 0.2) is 0 Å². The third kappa shape index (κ3) is 4.26. The number of carbonyl (C=O) groups excluding carboxylic acids is 1. The first-order valence-electron chi connectivity index (χ1n) is 4.64. The zero-order valence-corrected chi connectivity index (χ0v) is 10.0. The summed E-state index contributed by atoms with van der Waals surface area (Å²) in [5.74, 6) is 0.0120. The van der Waals surface area contributed by atoms with Gasteiger partial charge in [-0.05, 0) is 19.3 Å². The zero-order chi connectivity index (χ0) is 9.68. The van der Waals surface area contributed by atoms with E-state index in [1.54, 1.807) is 7.11 Å². The van der Waals surface area contributed by atoms with Gasteiger partial charge < -0.3 is 10.1 Å². The van der Waals surface area contributed by atoms with E-state index in [0.717, 1.165) is 16.8 Å². The quantitative estimate of drug-likeness (QED) is 0.633. The molecule has 0 saturated heterocycles. The number of nitrogens with one attached hydrogen (secondary N) is 1. The maximum atomic E-state index is 11.2. The molecule has 13 heavy (non-hydrogen) atoms. The Morgan fingerprint density at radius 1 is 1.62 bits per heavy atom. The van der Waals surface area contributed by atoms with Gasteiger partial charge in [0.25, 0.3) is 0 Å². The Bertz CT molecular complexity index is 175. The highest BCUT2D eigenvalue weighted by Crippen LogP contribution is 2.24. The molecule has 0 radical (unpaired) electrons. The molecule has 1 aliphatic carbocycles. The molecule has 0 bridgehead atoms. The van der Waals surface area contributed by atoms with Gasteiger partial charge in [-0.2, -0.15) is 0 Å². The van der Waals surface area contributed by atoms with Crippen molar-refractivity contribution in [3.05, 3.63) is 0 Å². The molecule has 1 fully saturated rings. The van der Waals surface area contributed by atoms with Gasteiger partial charge in [0.1, 0.15) is 6.61 Å². The van der Waals surface area contributed by atoms with Crippen LogP contribution in [-0.4, -0.2) is 29.6 Å². The lowest BCUT2D eigenvalue weighted by molar-refractivity contribution is -0.125. The summed E-state index contributed by atoms with van der Waals surface area (Å²) in [4.78, 5) is 11.2. The van der Waals surface area contributed by atoms with Gasteiger partial charge in [0.15, 0.2) is 0 Å². The largest absolute Gasteiger partial charge is 0.375 e. The number of methoxy groups -OCH3 is 1. The predicted octanol–water partition coefficient (Wildman–Crippen LogP) is 1.50. The van der Waals surface area contributed by atoms with Gasteiger partial charge in [-0.3, -0.25) is 4.79 Å². The van der Waals surface area contributed by atoms with E-state index in [1.165, 1.54) is 12.8 Å². The van der Waals surface area contributed by atoms with E-state index < -0.39 is 0 Å². The highest BCUT2D eigenvalue weighted by Gasteiger charge is 2.20. The second-order valence-electron chi connectivity index (χ2n) is 3.46. The number of rotatable bonds is 3. The molecule has 0 spiro atoms. The van der Waals surface area contributed by atoms with Crippen LogP contribution in [0.25, 0.3) is 0 Å². The number of hydrogen-bond donors (Lipinski definition) is 1. The summed E-state index contributed by atoms with van der Waals surface area (Å²) in [7, 11) is 1.54. The predicted molar refractivity (Wildman–Crippen MR) is 60.1 cm³/mol. The van der Waals surface area contributed by atoms with Crippen molar-refractivity contribution in [2.45, 2.75) is 35.6 Å². The molecule has 4 heteroatoms. The molecule has 0 aromatic rings. The molecule has 0 aliphatic heterocycles. The highest BCUT2D eigenvalue weighted by atomic mass is 127. The van der Waals surface area contributed by atoms with E-state index in [2.05, 4.69) is 27.9 Å². The standard InChI is InChI=1S/C9H16INO2/c1-13-6-9(12)11-8-4-2-3-7(10)5-8/h7-8H,2-6H2,1H3,(H,11,12)/t7-,8+/m0/s1. The second-order valence-corrected chi connectivity index (χ2v) is 5.22. The molecule has 1 rings (SSSR count). The van der Waals surface area contributed by atoms with Gasteiger partial charge in [0, 0.05) is 17.1 Å². The molecule has 0 aromatic heterocycles. The van der Waals surface area contributed by atoms with E-state index in [4.69, 9.17) is 4.74 Å². The molecule has 76 valence electrons. The Kier molecular flexibility index (Phi) is 5.01. The summed E-state index contributed by atoms with van der Waals surface area (Å²) >= 11 is 2.46. The van der Waals surface area contributed by atoms with E-state index in [9.17, 15) is 4.79 Å². The summed E-state index contributed by atoms with van der Waals surface area (Å²) in [5, 5.41) is 2.98. The first-order valence-corrected chi connectivity index (χ1v) is 5.89. The Morgan fingerprint density at radius 2 is 2.38 bits per heavy atom. The number of carbonyl (C=O) groups is 1. The molecule has 1 amide bonds. The minimum atomic E-state index is 0.0120. The molecule has 2 atom stereocenters. The van der Waals surface area contributed by atoms with E-state index in [1.807, 2.05) is 0 Å². The molecular weight excluding hydrogens is 281 g/mol. The molecule has 3 nitrogen and oxygen atoms in total. The maximum Gasteiger partial charge on any atom is 0.246 e. The summed E-state index contributed by atoms with van der Waals surface area (Å²) < 4.78 is 5.48. The summed E-state index contributed by atoms with van der Waals surface area (Å²) in [6.07, 6.45) is 4.74. The van der Waals surface area contributed by atoms with Gasteiger partial charge in [-0.25, -0.2) is 0 Å². The van der Waals surface area contributed by atoms with Gasteiger partial charge in [0.2, 0.25) is 5.91 Å². The van der Waals surface area contributed by atoms with Crippen LogP contribution in [0.1, 0.15) is 25.7 Å². The molecule has 0 aromatic carbocycles. The van der Waals surface area contributed by atoms with Crippen molar-refractivity contribution in [2.75, 3.05) is 13.7 Å². The molecule has 0 heterocycles. The van der Waals surface area contributed by atoms with Crippen molar-refractivity contribution in [2.24, 2.45) is 0 Å². The van der Waals surface area contributed by atoms with Gasteiger partial charge in [-0.15, -0.1) is 0 Å².